The van der Waals surface area contributed by atoms with Gasteiger partial charge in [-0.15, -0.1) is 0 Å². The maximum atomic E-state index is 13.7. The van der Waals surface area contributed by atoms with E-state index in [1.165, 1.54) is 51.6 Å². The third-order valence-corrected chi connectivity index (χ3v) is 8.70. The first-order valence-electron chi connectivity index (χ1n) is 13.6. The Morgan fingerprint density at radius 2 is 1.82 bits per heavy atom. The summed E-state index contributed by atoms with van der Waals surface area (Å²) in [7, 11) is 1.67. The summed E-state index contributed by atoms with van der Waals surface area (Å²) in [4.78, 5) is 31.0. The van der Waals surface area contributed by atoms with E-state index in [1.807, 2.05) is 24.3 Å². The second kappa shape index (κ2) is 10.7. The minimum atomic E-state index is 0.180. The van der Waals surface area contributed by atoms with Gasteiger partial charge in [0.15, 0.2) is 0 Å². The lowest BCUT2D eigenvalue weighted by Crippen LogP contribution is -2.65. The lowest BCUT2D eigenvalue weighted by atomic mass is 9.69. The van der Waals surface area contributed by atoms with Crippen LogP contribution in [0.1, 0.15) is 63.4 Å². The van der Waals surface area contributed by atoms with Crippen LogP contribution in [0.5, 0.6) is 5.75 Å². The summed E-state index contributed by atoms with van der Waals surface area (Å²) < 4.78 is 5.28. The van der Waals surface area contributed by atoms with Gasteiger partial charge in [0.1, 0.15) is 5.75 Å². The second-order valence-corrected chi connectivity index (χ2v) is 11.0. The molecule has 4 atom stereocenters. The quantitative estimate of drug-likeness (QED) is 0.602. The number of hydrogen-bond donors (Lipinski definition) is 1. The summed E-state index contributed by atoms with van der Waals surface area (Å²) in [5.41, 5.74) is 1.04. The van der Waals surface area contributed by atoms with Crippen molar-refractivity contribution in [1.29, 1.82) is 0 Å². The molecule has 4 fully saturated rings. The first-order chi connectivity index (χ1) is 16.6. The second-order valence-electron chi connectivity index (χ2n) is 11.0. The minimum absolute atomic E-state index is 0.180. The largest absolute Gasteiger partial charge is 0.497 e. The SMILES string of the molecule is COc1ccc(CC(=O)N2C[C@@H]3CCCN4CCC[C@@H]([C@H]34)[C@H]2CCCC(=O)NCC2CC2)cc1. The van der Waals surface area contributed by atoms with Gasteiger partial charge < -0.3 is 15.0 Å². The van der Waals surface area contributed by atoms with E-state index in [0.717, 1.165) is 37.2 Å². The van der Waals surface area contributed by atoms with E-state index in [0.29, 0.717) is 36.6 Å². The number of rotatable bonds is 9. The van der Waals surface area contributed by atoms with Crippen LogP contribution in [0.15, 0.2) is 24.3 Å². The number of nitrogens with one attached hydrogen (secondary N) is 1. The lowest BCUT2D eigenvalue weighted by molar-refractivity contribution is -0.145. The molecule has 1 N–H and O–H groups in total. The van der Waals surface area contributed by atoms with Crippen molar-refractivity contribution < 1.29 is 14.3 Å². The molecule has 3 heterocycles. The predicted molar refractivity (Wildman–Crippen MR) is 133 cm³/mol. The Morgan fingerprint density at radius 1 is 1.06 bits per heavy atom. The molecule has 6 heteroatoms. The third-order valence-electron chi connectivity index (χ3n) is 8.70. The van der Waals surface area contributed by atoms with Crippen molar-refractivity contribution in [2.24, 2.45) is 17.8 Å². The van der Waals surface area contributed by atoms with Crippen LogP contribution in [0.25, 0.3) is 0 Å². The van der Waals surface area contributed by atoms with Crippen molar-refractivity contribution in [3.05, 3.63) is 29.8 Å². The molecule has 186 valence electrons. The molecule has 4 aliphatic rings. The topological polar surface area (TPSA) is 61.9 Å². The Hall–Kier alpha value is -2.08. The van der Waals surface area contributed by atoms with E-state index in [-0.39, 0.29) is 17.9 Å². The van der Waals surface area contributed by atoms with Gasteiger partial charge in [-0.05, 0) is 99.9 Å². The average molecular weight is 468 g/mol. The minimum Gasteiger partial charge on any atom is -0.497 e. The van der Waals surface area contributed by atoms with Gasteiger partial charge in [-0.2, -0.15) is 0 Å². The molecule has 0 aromatic heterocycles. The van der Waals surface area contributed by atoms with Crippen molar-refractivity contribution in [2.75, 3.05) is 33.3 Å². The standard InChI is InChI=1S/C28H41N3O3/c1-34-23-13-11-20(12-14-23)17-27(33)31-19-22-5-3-15-30-16-4-6-24(28(22)30)25(31)7-2-8-26(32)29-18-21-9-10-21/h11-14,21-22,24-25,28H,2-10,15-19H2,1H3,(H,29,32)/t22-,24+,25+,28-/m0/s1. The molecule has 6 nitrogen and oxygen atoms in total. The molecule has 1 saturated carbocycles. The molecule has 0 unspecified atom stereocenters. The fourth-order valence-electron chi connectivity index (χ4n) is 6.81. The van der Waals surface area contributed by atoms with E-state index in [1.54, 1.807) is 7.11 Å². The smallest absolute Gasteiger partial charge is 0.227 e. The van der Waals surface area contributed by atoms with Gasteiger partial charge in [-0.3, -0.25) is 14.5 Å². The van der Waals surface area contributed by atoms with Gasteiger partial charge in [0, 0.05) is 31.6 Å². The van der Waals surface area contributed by atoms with Gasteiger partial charge in [0.2, 0.25) is 11.8 Å². The van der Waals surface area contributed by atoms with Gasteiger partial charge >= 0.3 is 0 Å². The van der Waals surface area contributed by atoms with Crippen LogP contribution in [0, 0.1) is 17.8 Å². The molecule has 1 aromatic rings. The van der Waals surface area contributed by atoms with Crippen molar-refractivity contribution in [1.82, 2.24) is 15.1 Å². The Kier molecular flexibility index (Phi) is 7.43. The summed E-state index contributed by atoms with van der Waals surface area (Å²) >= 11 is 0. The lowest BCUT2D eigenvalue weighted by Gasteiger charge is -2.57. The fraction of sp³-hybridized carbons (Fsp3) is 0.714. The molecule has 1 aliphatic carbocycles. The zero-order chi connectivity index (χ0) is 23.5. The molecule has 34 heavy (non-hydrogen) atoms. The van der Waals surface area contributed by atoms with Crippen LogP contribution < -0.4 is 10.1 Å². The molecule has 0 bridgehead atoms. The van der Waals surface area contributed by atoms with Crippen LogP contribution in [-0.4, -0.2) is 67.0 Å². The average Bonchev–Trinajstić information content (AvgIpc) is 3.69. The molecular weight excluding hydrogens is 426 g/mol. The molecule has 3 saturated heterocycles. The van der Waals surface area contributed by atoms with E-state index >= 15 is 0 Å². The predicted octanol–water partition coefficient (Wildman–Crippen LogP) is 3.64. The summed E-state index contributed by atoms with van der Waals surface area (Å²) in [6.07, 6.45) is 10.3. The molecule has 5 rings (SSSR count). The molecule has 2 amide bonds. The number of piperidine rings is 3. The third kappa shape index (κ3) is 5.42. The highest BCUT2D eigenvalue weighted by Crippen LogP contribution is 2.43. The van der Waals surface area contributed by atoms with Gasteiger partial charge in [0.05, 0.1) is 13.5 Å². The number of ether oxygens (including phenoxy) is 1. The van der Waals surface area contributed by atoms with E-state index < -0.39 is 0 Å². The number of likely N-dealkylation sites (tertiary alicyclic amines) is 1. The Morgan fingerprint density at radius 3 is 2.56 bits per heavy atom. The Balaban J connectivity index is 1.27. The number of amides is 2. The van der Waals surface area contributed by atoms with E-state index in [9.17, 15) is 9.59 Å². The summed E-state index contributed by atoms with van der Waals surface area (Å²) in [5, 5.41) is 3.11. The van der Waals surface area contributed by atoms with Crippen molar-refractivity contribution in [3.63, 3.8) is 0 Å². The monoisotopic (exact) mass is 467 g/mol. The van der Waals surface area contributed by atoms with Crippen molar-refractivity contribution in [3.8, 4) is 5.75 Å². The van der Waals surface area contributed by atoms with Crippen molar-refractivity contribution in [2.45, 2.75) is 76.3 Å². The maximum absolute atomic E-state index is 13.7. The van der Waals surface area contributed by atoms with Crippen LogP contribution in [0.2, 0.25) is 0 Å². The highest BCUT2D eigenvalue weighted by molar-refractivity contribution is 5.79. The number of nitrogens with zero attached hydrogens (tertiary/aromatic N) is 2. The molecular formula is C28H41N3O3. The number of methoxy groups -OCH3 is 1. The zero-order valence-electron chi connectivity index (χ0n) is 20.7. The van der Waals surface area contributed by atoms with Crippen LogP contribution in [0.4, 0.5) is 0 Å². The van der Waals surface area contributed by atoms with Crippen LogP contribution >= 0.6 is 0 Å². The summed E-state index contributed by atoms with van der Waals surface area (Å²) in [5.74, 6) is 3.09. The fourth-order valence-corrected chi connectivity index (χ4v) is 6.81. The highest BCUT2D eigenvalue weighted by atomic mass is 16.5. The van der Waals surface area contributed by atoms with Crippen LogP contribution in [0.3, 0.4) is 0 Å². The Labute approximate surface area is 204 Å². The van der Waals surface area contributed by atoms with Gasteiger partial charge in [-0.1, -0.05) is 12.1 Å². The molecule has 0 radical (unpaired) electrons. The number of carbonyl (C=O) groups is 2. The van der Waals surface area contributed by atoms with E-state index in [4.69, 9.17) is 4.74 Å². The normalized spacial score (nSPS) is 28.8. The summed E-state index contributed by atoms with van der Waals surface area (Å²) in [6, 6.07) is 8.77. The number of hydrogen-bond acceptors (Lipinski definition) is 4. The Bertz CT molecular complexity index is 851. The number of carbonyl (C=O) groups excluding carboxylic acids is 2. The zero-order valence-corrected chi connectivity index (χ0v) is 20.7. The van der Waals surface area contributed by atoms with Gasteiger partial charge in [0.25, 0.3) is 0 Å². The first-order valence-corrected chi connectivity index (χ1v) is 13.6. The molecule has 3 aliphatic heterocycles. The van der Waals surface area contributed by atoms with Gasteiger partial charge in [-0.25, -0.2) is 0 Å². The summed E-state index contributed by atoms with van der Waals surface area (Å²) in [6.45, 7) is 4.16. The van der Waals surface area contributed by atoms with Crippen LogP contribution in [-0.2, 0) is 16.0 Å². The van der Waals surface area contributed by atoms with E-state index in [2.05, 4.69) is 15.1 Å². The maximum Gasteiger partial charge on any atom is 0.227 e. The highest BCUT2D eigenvalue weighted by Gasteiger charge is 2.49. The number of benzene rings is 1. The van der Waals surface area contributed by atoms with Crippen molar-refractivity contribution >= 4 is 11.8 Å². The first kappa shape index (κ1) is 23.7. The molecule has 1 aromatic carbocycles. The molecule has 0 spiro atoms.